The summed E-state index contributed by atoms with van der Waals surface area (Å²) in [5, 5.41) is 0. The van der Waals surface area contributed by atoms with Gasteiger partial charge in [-0.3, -0.25) is 4.90 Å². The number of rotatable bonds is 2. The molecule has 1 fully saturated rings. The third kappa shape index (κ3) is 1.70. The summed E-state index contributed by atoms with van der Waals surface area (Å²) in [6.07, 6.45) is 2.43. The molecule has 0 unspecified atom stereocenters. The Kier molecular flexibility index (Phi) is 2.69. The van der Waals surface area contributed by atoms with E-state index in [2.05, 4.69) is 18.7 Å². The van der Waals surface area contributed by atoms with Crippen molar-refractivity contribution in [2.45, 2.75) is 38.8 Å². The molecular formula is C8H18N2. The Morgan fingerprint density at radius 1 is 1.70 bits per heavy atom. The molecule has 1 heterocycles. The molecule has 10 heavy (non-hydrogen) atoms. The van der Waals surface area contributed by atoms with Gasteiger partial charge in [-0.2, -0.15) is 0 Å². The van der Waals surface area contributed by atoms with Crippen LogP contribution in [0.25, 0.3) is 0 Å². The largest absolute Gasteiger partial charge is 0.326 e. The number of hydrogen-bond acceptors (Lipinski definition) is 2. The molecule has 2 nitrogen and oxygen atoms in total. The van der Waals surface area contributed by atoms with Gasteiger partial charge in [-0.1, -0.05) is 6.92 Å². The summed E-state index contributed by atoms with van der Waals surface area (Å²) in [7, 11) is 0. The first-order chi connectivity index (χ1) is 4.74. The summed E-state index contributed by atoms with van der Waals surface area (Å²) in [5.74, 6) is 0. The molecule has 1 saturated heterocycles. The predicted molar refractivity (Wildman–Crippen MR) is 43.9 cm³/mol. The molecule has 0 aromatic carbocycles. The Balaban J connectivity index is 2.29. The average Bonchev–Trinajstić information content (AvgIpc) is 2.34. The summed E-state index contributed by atoms with van der Waals surface area (Å²) in [5.41, 5.74) is 5.78. The molecule has 60 valence electrons. The highest BCUT2D eigenvalue weighted by atomic mass is 15.2. The van der Waals surface area contributed by atoms with Crippen molar-refractivity contribution in [2.75, 3.05) is 13.1 Å². The zero-order valence-corrected chi connectivity index (χ0v) is 7.01. The van der Waals surface area contributed by atoms with Crippen LogP contribution in [0.15, 0.2) is 0 Å². The molecule has 1 aliphatic heterocycles. The Morgan fingerprint density at radius 2 is 2.40 bits per heavy atom. The Hall–Kier alpha value is -0.0800. The first-order valence-electron chi connectivity index (χ1n) is 4.23. The molecule has 0 spiro atoms. The molecule has 0 aliphatic carbocycles. The van der Waals surface area contributed by atoms with Gasteiger partial charge in [0.05, 0.1) is 0 Å². The predicted octanol–water partition coefficient (Wildman–Crippen LogP) is 0.818. The van der Waals surface area contributed by atoms with E-state index in [0.29, 0.717) is 6.04 Å². The zero-order chi connectivity index (χ0) is 7.56. The van der Waals surface area contributed by atoms with Gasteiger partial charge < -0.3 is 5.73 Å². The first-order valence-corrected chi connectivity index (χ1v) is 4.23. The molecule has 0 radical (unpaired) electrons. The monoisotopic (exact) mass is 142 g/mol. The lowest BCUT2D eigenvalue weighted by atomic mass is 10.2. The second-order valence-electron chi connectivity index (χ2n) is 3.30. The molecule has 1 rings (SSSR count). The van der Waals surface area contributed by atoms with Crippen LogP contribution in [-0.4, -0.2) is 30.1 Å². The first kappa shape index (κ1) is 8.02. The number of nitrogens with zero attached hydrogens (tertiary/aromatic N) is 1. The molecule has 0 aromatic heterocycles. The second-order valence-corrected chi connectivity index (χ2v) is 3.30. The standard InChI is InChI=1S/C8H18N2/c1-3-7(2)10-5-4-8(9)6-10/h7-8H,3-6,9H2,1-2H3/t7-,8-/m1/s1. The molecule has 0 aromatic rings. The van der Waals surface area contributed by atoms with Gasteiger partial charge in [0.15, 0.2) is 0 Å². The lowest BCUT2D eigenvalue weighted by molar-refractivity contribution is 0.250. The van der Waals surface area contributed by atoms with Crippen molar-refractivity contribution in [1.82, 2.24) is 4.90 Å². The minimum Gasteiger partial charge on any atom is -0.326 e. The van der Waals surface area contributed by atoms with Crippen molar-refractivity contribution >= 4 is 0 Å². The highest BCUT2D eigenvalue weighted by molar-refractivity contribution is 4.80. The fourth-order valence-corrected chi connectivity index (χ4v) is 1.47. The Bertz CT molecular complexity index is 103. The number of nitrogens with two attached hydrogens (primary N) is 1. The van der Waals surface area contributed by atoms with Gasteiger partial charge in [-0.15, -0.1) is 0 Å². The fourth-order valence-electron chi connectivity index (χ4n) is 1.47. The van der Waals surface area contributed by atoms with Gasteiger partial charge in [-0.05, 0) is 26.3 Å². The molecule has 1 aliphatic rings. The van der Waals surface area contributed by atoms with Gasteiger partial charge in [0, 0.05) is 18.6 Å². The van der Waals surface area contributed by atoms with Gasteiger partial charge in [0.25, 0.3) is 0 Å². The van der Waals surface area contributed by atoms with E-state index in [1.807, 2.05) is 0 Å². The molecule has 0 bridgehead atoms. The smallest absolute Gasteiger partial charge is 0.0180 e. The lowest BCUT2D eigenvalue weighted by Gasteiger charge is -2.22. The Labute approximate surface area is 63.4 Å². The van der Waals surface area contributed by atoms with Crippen LogP contribution in [0.2, 0.25) is 0 Å². The minimum atomic E-state index is 0.439. The summed E-state index contributed by atoms with van der Waals surface area (Å²) < 4.78 is 0. The van der Waals surface area contributed by atoms with Gasteiger partial charge in [-0.25, -0.2) is 0 Å². The lowest BCUT2D eigenvalue weighted by Crippen LogP contribution is -2.33. The van der Waals surface area contributed by atoms with E-state index in [4.69, 9.17) is 5.73 Å². The van der Waals surface area contributed by atoms with Crippen LogP contribution in [0.4, 0.5) is 0 Å². The third-order valence-electron chi connectivity index (χ3n) is 2.47. The molecule has 2 N–H and O–H groups in total. The van der Waals surface area contributed by atoms with Crippen molar-refractivity contribution in [3.8, 4) is 0 Å². The van der Waals surface area contributed by atoms with Crippen LogP contribution in [-0.2, 0) is 0 Å². The average molecular weight is 142 g/mol. The maximum atomic E-state index is 5.78. The quantitative estimate of drug-likeness (QED) is 0.618. The van der Waals surface area contributed by atoms with E-state index < -0.39 is 0 Å². The van der Waals surface area contributed by atoms with Crippen LogP contribution >= 0.6 is 0 Å². The van der Waals surface area contributed by atoms with Crippen molar-refractivity contribution in [2.24, 2.45) is 5.73 Å². The number of hydrogen-bond donors (Lipinski definition) is 1. The van der Waals surface area contributed by atoms with Crippen molar-refractivity contribution < 1.29 is 0 Å². The highest BCUT2D eigenvalue weighted by Crippen LogP contribution is 2.12. The maximum absolute atomic E-state index is 5.78. The van der Waals surface area contributed by atoms with E-state index in [1.54, 1.807) is 0 Å². The van der Waals surface area contributed by atoms with Crippen molar-refractivity contribution in [3.05, 3.63) is 0 Å². The van der Waals surface area contributed by atoms with Crippen LogP contribution in [0.1, 0.15) is 26.7 Å². The van der Waals surface area contributed by atoms with E-state index >= 15 is 0 Å². The van der Waals surface area contributed by atoms with Gasteiger partial charge >= 0.3 is 0 Å². The molecule has 2 heteroatoms. The summed E-state index contributed by atoms with van der Waals surface area (Å²) in [6.45, 7) is 6.82. The van der Waals surface area contributed by atoms with E-state index in [-0.39, 0.29) is 0 Å². The second kappa shape index (κ2) is 3.35. The normalized spacial score (nSPS) is 30.9. The summed E-state index contributed by atoms with van der Waals surface area (Å²) in [6, 6.07) is 1.17. The van der Waals surface area contributed by atoms with Crippen LogP contribution in [0.5, 0.6) is 0 Å². The van der Waals surface area contributed by atoms with Crippen molar-refractivity contribution in [3.63, 3.8) is 0 Å². The molecule has 2 atom stereocenters. The molecule has 0 saturated carbocycles. The van der Waals surface area contributed by atoms with E-state index in [0.717, 1.165) is 12.6 Å². The summed E-state index contributed by atoms with van der Waals surface area (Å²) >= 11 is 0. The summed E-state index contributed by atoms with van der Waals surface area (Å²) in [4.78, 5) is 2.48. The van der Waals surface area contributed by atoms with Crippen molar-refractivity contribution in [1.29, 1.82) is 0 Å². The van der Waals surface area contributed by atoms with Crippen LogP contribution in [0, 0.1) is 0 Å². The third-order valence-corrected chi connectivity index (χ3v) is 2.47. The number of likely N-dealkylation sites (tertiary alicyclic amines) is 1. The molecular weight excluding hydrogens is 124 g/mol. The topological polar surface area (TPSA) is 29.3 Å². The van der Waals surface area contributed by atoms with E-state index in [1.165, 1.54) is 19.4 Å². The highest BCUT2D eigenvalue weighted by Gasteiger charge is 2.21. The van der Waals surface area contributed by atoms with E-state index in [9.17, 15) is 0 Å². The Morgan fingerprint density at radius 3 is 2.80 bits per heavy atom. The van der Waals surface area contributed by atoms with Gasteiger partial charge in [0.2, 0.25) is 0 Å². The van der Waals surface area contributed by atoms with Crippen LogP contribution < -0.4 is 5.73 Å². The minimum absolute atomic E-state index is 0.439. The zero-order valence-electron chi connectivity index (χ0n) is 7.01. The fraction of sp³-hybridized carbons (Fsp3) is 1.00. The van der Waals surface area contributed by atoms with Crippen LogP contribution in [0.3, 0.4) is 0 Å². The van der Waals surface area contributed by atoms with Gasteiger partial charge in [0.1, 0.15) is 0 Å². The maximum Gasteiger partial charge on any atom is 0.0180 e. The SMILES string of the molecule is CC[C@@H](C)N1CC[C@@H](N)C1. The molecule has 0 amide bonds.